The maximum Gasteiger partial charge on any atom is 0.330 e. The van der Waals surface area contributed by atoms with Gasteiger partial charge in [0, 0.05) is 17.9 Å². The van der Waals surface area contributed by atoms with Gasteiger partial charge in [-0.3, -0.25) is 14.9 Å². The Morgan fingerprint density at radius 3 is 2.75 bits per heavy atom. The van der Waals surface area contributed by atoms with Gasteiger partial charge in [0.25, 0.3) is 5.69 Å². The van der Waals surface area contributed by atoms with Gasteiger partial charge in [0.05, 0.1) is 21.0 Å². The molecule has 0 bridgehead atoms. The van der Waals surface area contributed by atoms with Crippen molar-refractivity contribution >= 4 is 45.3 Å². The minimum atomic E-state index is -0.664. The van der Waals surface area contributed by atoms with E-state index in [9.17, 15) is 19.7 Å². The van der Waals surface area contributed by atoms with Crippen LogP contribution in [-0.2, 0) is 20.9 Å². The fourth-order valence-corrected chi connectivity index (χ4v) is 4.93. The fourth-order valence-electron chi connectivity index (χ4n) is 2.79. The molecule has 0 N–H and O–H groups in total. The second kappa shape index (κ2) is 6.36. The first-order chi connectivity index (χ1) is 11.3. The molecule has 2 heterocycles. The van der Waals surface area contributed by atoms with Crippen molar-refractivity contribution in [3.8, 4) is 0 Å². The average Bonchev–Trinajstić information content (AvgIpc) is 2.53. The lowest BCUT2D eigenvalue weighted by molar-refractivity contribution is -0.384. The van der Waals surface area contributed by atoms with Crippen LogP contribution < -0.4 is 0 Å². The van der Waals surface area contributed by atoms with E-state index in [0.717, 1.165) is 0 Å². The van der Waals surface area contributed by atoms with E-state index in [4.69, 9.17) is 4.74 Å². The van der Waals surface area contributed by atoms with Gasteiger partial charge < -0.3 is 9.64 Å². The molecule has 9 heteroatoms. The first-order valence-electron chi connectivity index (χ1n) is 7.31. The number of β-lactam (4-membered cyclic amide) rings is 1. The zero-order chi connectivity index (χ0) is 17.5. The number of rotatable bonds is 4. The van der Waals surface area contributed by atoms with Crippen molar-refractivity contribution in [2.75, 3.05) is 5.75 Å². The molecule has 7 nitrogen and oxygen atoms in total. The summed E-state index contributed by atoms with van der Waals surface area (Å²) in [7, 11) is 0. The Morgan fingerprint density at radius 1 is 1.50 bits per heavy atom. The normalized spacial score (nSPS) is 28.8. The molecule has 1 amide bonds. The van der Waals surface area contributed by atoms with Crippen molar-refractivity contribution in [2.45, 2.75) is 35.7 Å². The highest BCUT2D eigenvalue weighted by atomic mass is 79.9. The minimum Gasteiger partial charge on any atom is -0.459 e. The van der Waals surface area contributed by atoms with Crippen molar-refractivity contribution in [3.63, 3.8) is 0 Å². The number of nitrogens with zero attached hydrogens (tertiary/aromatic N) is 2. The molecule has 1 aromatic carbocycles. The van der Waals surface area contributed by atoms with E-state index in [1.807, 2.05) is 6.92 Å². The predicted octanol–water partition coefficient (Wildman–Crippen LogP) is 2.47. The maximum absolute atomic E-state index is 12.5. The predicted molar refractivity (Wildman–Crippen MR) is 91.7 cm³/mol. The Hall–Kier alpha value is -1.61. The molecule has 0 saturated carbocycles. The van der Waals surface area contributed by atoms with Crippen LogP contribution in [0.1, 0.15) is 18.9 Å². The lowest BCUT2D eigenvalue weighted by Crippen LogP contribution is -2.68. The van der Waals surface area contributed by atoms with Gasteiger partial charge >= 0.3 is 5.97 Å². The van der Waals surface area contributed by atoms with E-state index >= 15 is 0 Å². The number of carbonyl (C=O) groups is 2. The highest BCUT2D eigenvalue weighted by molar-refractivity contribution is 9.10. The Labute approximate surface area is 151 Å². The molecule has 3 atom stereocenters. The molecular formula is C15H15BrN2O5S. The number of amides is 1. The molecule has 0 aromatic heterocycles. The van der Waals surface area contributed by atoms with Gasteiger partial charge in [0.1, 0.15) is 12.6 Å². The molecule has 2 fully saturated rings. The molecule has 2 aliphatic heterocycles. The van der Waals surface area contributed by atoms with Crippen molar-refractivity contribution in [3.05, 3.63) is 39.9 Å². The number of thioether (sulfide) groups is 1. The summed E-state index contributed by atoms with van der Waals surface area (Å²) in [4.78, 5) is 36.1. The van der Waals surface area contributed by atoms with Gasteiger partial charge in [-0.25, -0.2) is 4.79 Å². The van der Waals surface area contributed by atoms with E-state index in [1.165, 1.54) is 12.1 Å². The Balaban J connectivity index is 1.67. The number of alkyl halides is 1. The van der Waals surface area contributed by atoms with Crippen LogP contribution in [0.5, 0.6) is 0 Å². The van der Waals surface area contributed by atoms with Crippen molar-refractivity contribution < 1.29 is 19.2 Å². The lowest BCUT2D eigenvalue weighted by Gasteiger charge is -2.52. The van der Waals surface area contributed by atoms with E-state index in [-0.39, 0.29) is 23.6 Å². The molecule has 0 radical (unpaired) electrons. The third-order valence-electron chi connectivity index (χ3n) is 4.11. The summed E-state index contributed by atoms with van der Waals surface area (Å²) in [5.74, 6) is 0.194. The van der Waals surface area contributed by atoms with Gasteiger partial charge in [-0.2, -0.15) is 0 Å². The lowest BCUT2D eigenvalue weighted by atomic mass is 9.97. The van der Waals surface area contributed by atoms with E-state index < -0.39 is 21.3 Å². The van der Waals surface area contributed by atoms with Crippen LogP contribution in [-0.4, -0.2) is 43.2 Å². The summed E-state index contributed by atoms with van der Waals surface area (Å²) in [5, 5.41) is 10.7. The van der Waals surface area contributed by atoms with Crippen LogP contribution >= 0.6 is 27.7 Å². The molecule has 2 unspecified atom stereocenters. The maximum atomic E-state index is 12.5. The van der Waals surface area contributed by atoms with Crippen LogP contribution in [0.4, 0.5) is 5.69 Å². The number of fused-ring (bicyclic) bond motifs is 1. The number of halogens is 1. The molecule has 0 aliphatic carbocycles. The molecule has 1 aromatic rings. The van der Waals surface area contributed by atoms with Crippen molar-refractivity contribution in [1.29, 1.82) is 0 Å². The highest BCUT2D eigenvalue weighted by Crippen LogP contribution is 2.45. The van der Waals surface area contributed by atoms with E-state index in [1.54, 1.807) is 28.8 Å². The quantitative estimate of drug-likeness (QED) is 0.247. The Morgan fingerprint density at radius 2 is 2.17 bits per heavy atom. The SMILES string of the molecule is CC1(Br)CS[C@@H]2CC(=O)N2C1C(=O)OCc1ccc([N+](=O)[O-])cc1. The average molecular weight is 415 g/mol. The third-order valence-corrected chi connectivity index (χ3v) is 6.74. The van der Waals surface area contributed by atoms with Crippen molar-refractivity contribution in [2.24, 2.45) is 0 Å². The monoisotopic (exact) mass is 414 g/mol. The van der Waals surface area contributed by atoms with Gasteiger partial charge in [0.2, 0.25) is 5.91 Å². The summed E-state index contributed by atoms with van der Waals surface area (Å²) >= 11 is 5.20. The van der Waals surface area contributed by atoms with Gasteiger partial charge in [0.15, 0.2) is 0 Å². The number of nitro groups is 1. The number of hydrogen-bond donors (Lipinski definition) is 0. The zero-order valence-corrected chi connectivity index (χ0v) is 15.2. The third kappa shape index (κ3) is 3.14. The van der Waals surface area contributed by atoms with Crippen LogP contribution in [0.2, 0.25) is 0 Å². The van der Waals surface area contributed by atoms with Crippen LogP contribution in [0.15, 0.2) is 24.3 Å². The smallest absolute Gasteiger partial charge is 0.330 e. The van der Waals surface area contributed by atoms with E-state index in [2.05, 4.69) is 15.9 Å². The van der Waals surface area contributed by atoms with Crippen molar-refractivity contribution in [1.82, 2.24) is 4.90 Å². The standard InChI is InChI=1S/C15H15BrN2O5S/c1-15(16)8-24-12-6-11(19)17(12)13(15)14(20)23-7-9-2-4-10(5-3-9)18(21)22/h2-5,12-13H,6-8H2,1H3/t12-,13?,15?/m1/s1. The molecule has 24 heavy (non-hydrogen) atoms. The number of nitro benzene ring substituents is 1. The highest BCUT2D eigenvalue weighted by Gasteiger charge is 2.55. The second-order valence-corrected chi connectivity index (χ2v) is 8.96. The molecule has 128 valence electrons. The molecule has 2 saturated heterocycles. The summed E-state index contributed by atoms with van der Waals surface area (Å²) in [6.45, 7) is 1.88. The van der Waals surface area contributed by atoms with Gasteiger partial charge in [-0.1, -0.05) is 15.9 Å². The number of carbonyl (C=O) groups excluding carboxylic acids is 2. The van der Waals surface area contributed by atoms with Crippen LogP contribution in [0, 0.1) is 10.1 Å². The first-order valence-corrected chi connectivity index (χ1v) is 9.15. The number of benzene rings is 1. The Bertz CT molecular complexity index is 694. The van der Waals surface area contributed by atoms with Gasteiger partial charge in [-0.05, 0) is 24.6 Å². The van der Waals surface area contributed by atoms with Crippen LogP contribution in [0.25, 0.3) is 0 Å². The number of hydrogen-bond acceptors (Lipinski definition) is 6. The minimum absolute atomic E-state index is 0.0102. The number of non-ortho nitro benzene ring substituents is 1. The van der Waals surface area contributed by atoms with E-state index in [0.29, 0.717) is 17.7 Å². The molecule has 0 spiro atoms. The Kier molecular flexibility index (Phi) is 4.56. The zero-order valence-electron chi connectivity index (χ0n) is 12.8. The molecular weight excluding hydrogens is 400 g/mol. The topological polar surface area (TPSA) is 89.8 Å². The summed E-state index contributed by atoms with van der Waals surface area (Å²) in [6.07, 6.45) is 0.458. The molecule has 2 aliphatic rings. The largest absolute Gasteiger partial charge is 0.459 e. The second-order valence-electron chi connectivity index (χ2n) is 5.98. The first kappa shape index (κ1) is 17.2. The summed E-state index contributed by atoms with van der Waals surface area (Å²) in [6, 6.07) is 5.16. The summed E-state index contributed by atoms with van der Waals surface area (Å²) < 4.78 is 4.82. The molecule has 3 rings (SSSR count). The number of ether oxygens (including phenoxy) is 1. The number of esters is 1. The summed E-state index contributed by atoms with van der Waals surface area (Å²) in [5.41, 5.74) is 0.637. The van der Waals surface area contributed by atoms with Gasteiger partial charge in [-0.15, -0.1) is 11.8 Å². The van der Waals surface area contributed by atoms with Crippen LogP contribution in [0.3, 0.4) is 0 Å². The fraction of sp³-hybridized carbons (Fsp3) is 0.467.